The minimum Gasteiger partial charge on any atom is -0.367 e. The lowest BCUT2D eigenvalue weighted by Gasteiger charge is -2.35. The number of fused-ring (bicyclic) bond motifs is 4. The van der Waals surface area contributed by atoms with E-state index in [1.165, 1.54) is 0 Å². The number of hydrogen-bond donors (Lipinski definition) is 6. The number of hydrogen-bond acceptors (Lipinski definition) is 12. The van der Waals surface area contributed by atoms with Crippen LogP contribution in [0.3, 0.4) is 0 Å². The highest BCUT2D eigenvalue weighted by atomic mass is 32.2. The van der Waals surface area contributed by atoms with Crippen molar-refractivity contribution in [3.8, 4) is 23.7 Å². The average molecular weight is 1040 g/mol. The van der Waals surface area contributed by atoms with E-state index in [0.717, 1.165) is 28.0 Å². The number of rotatable bonds is 14. The van der Waals surface area contributed by atoms with Gasteiger partial charge in [-0.25, -0.2) is 0 Å². The van der Waals surface area contributed by atoms with Gasteiger partial charge in [-0.05, 0) is 110 Å². The first-order chi connectivity index (χ1) is 34.4. The zero-order valence-corrected chi connectivity index (χ0v) is 45.0. The van der Waals surface area contributed by atoms with Gasteiger partial charge in [0.25, 0.3) is 0 Å². The van der Waals surface area contributed by atoms with E-state index in [9.17, 15) is 24.0 Å². The molecule has 0 radical (unpaired) electrons. The molecule has 72 heavy (non-hydrogen) atoms. The molecule has 0 saturated carbocycles. The summed E-state index contributed by atoms with van der Waals surface area (Å²) in [5.41, 5.74) is 3.11. The molecule has 2 unspecified atom stereocenters. The molecule has 6 aliphatic rings. The van der Waals surface area contributed by atoms with Crippen LogP contribution in [-0.4, -0.2) is 142 Å². The number of amides is 5. The maximum atomic E-state index is 14.6. The smallest absolute Gasteiger partial charge is 0.246 e. The normalized spacial score (nSPS) is 29.6. The maximum absolute atomic E-state index is 14.6. The van der Waals surface area contributed by atoms with Gasteiger partial charge in [0.05, 0.1) is 52.1 Å². The van der Waals surface area contributed by atoms with Gasteiger partial charge in [0.15, 0.2) is 0 Å². The van der Waals surface area contributed by atoms with E-state index in [4.69, 9.17) is 21.7 Å². The number of benzene rings is 2. The van der Waals surface area contributed by atoms with Crippen molar-refractivity contribution in [3.63, 3.8) is 0 Å². The number of thioether (sulfide) groups is 2. The zero-order chi connectivity index (χ0) is 51.5. The fourth-order valence-electron chi connectivity index (χ4n) is 11.2. The van der Waals surface area contributed by atoms with Gasteiger partial charge < -0.3 is 51.2 Å². The summed E-state index contributed by atoms with van der Waals surface area (Å²) in [7, 11) is 3.53. The SMILES string of the molecule is CN[C@@H](C)C(=O)N[C@H]1CCSC2CC(C)(C)[C@@H](C(=O)N[C@H]3c4ccccc4C[C@H]3OCC#CC#CCO[C@H]3Cc4ccccc4[C@H]3NC(=O)[C@@H]3N4C(=O)[C@H](NC(=S)[C@@H](C)NC)CCSC4CC3(C)C)N2C1=O. The van der Waals surface area contributed by atoms with Crippen LogP contribution in [0, 0.1) is 34.5 Å². The van der Waals surface area contributed by atoms with Crippen molar-refractivity contribution in [2.75, 3.05) is 38.8 Å². The van der Waals surface area contributed by atoms with Gasteiger partial charge in [-0.15, -0.1) is 23.5 Å². The topological polar surface area (TPSA) is 182 Å². The van der Waals surface area contributed by atoms with Gasteiger partial charge in [0.1, 0.15) is 37.4 Å². The molecular formula is C54H70N8O7S3. The number of carbonyl (C=O) groups excluding carboxylic acids is 5. The zero-order valence-electron chi connectivity index (χ0n) is 42.6. The summed E-state index contributed by atoms with van der Waals surface area (Å²) in [5, 5.41) is 18.6. The second kappa shape index (κ2) is 22.8. The molecule has 12 atom stereocenters. The number of thiocarbonyl (C=S) groups is 1. The number of nitrogens with one attached hydrogen (secondary N) is 6. The van der Waals surface area contributed by atoms with Crippen LogP contribution in [0.25, 0.3) is 0 Å². The van der Waals surface area contributed by atoms with Crippen LogP contribution in [-0.2, 0) is 46.3 Å². The third-order valence-electron chi connectivity index (χ3n) is 15.3. The van der Waals surface area contributed by atoms with Gasteiger partial charge in [0, 0.05) is 12.8 Å². The lowest BCUT2D eigenvalue weighted by atomic mass is 9.83. The minimum absolute atomic E-state index is 0.0756. The van der Waals surface area contributed by atoms with E-state index in [2.05, 4.69) is 75.5 Å². The van der Waals surface area contributed by atoms with Gasteiger partial charge >= 0.3 is 0 Å². The molecule has 4 aliphatic heterocycles. The van der Waals surface area contributed by atoms with E-state index in [-0.39, 0.29) is 65.6 Å². The van der Waals surface area contributed by atoms with Crippen molar-refractivity contribution in [3.05, 3.63) is 70.8 Å². The molecule has 2 aliphatic carbocycles. The highest BCUT2D eigenvalue weighted by molar-refractivity contribution is 8.00. The van der Waals surface area contributed by atoms with Crippen molar-refractivity contribution < 1.29 is 33.4 Å². The summed E-state index contributed by atoms with van der Waals surface area (Å²) in [6, 6.07) is 11.8. The Hall–Kier alpha value is -4.66. The van der Waals surface area contributed by atoms with Crippen LogP contribution in [0.1, 0.15) is 102 Å². The molecule has 0 aromatic heterocycles. The molecule has 4 saturated heterocycles. The Morgan fingerprint density at radius 2 is 1.11 bits per heavy atom. The lowest BCUT2D eigenvalue weighted by molar-refractivity contribution is -0.144. The Kier molecular flexibility index (Phi) is 17.0. The first kappa shape index (κ1) is 53.6. The number of likely N-dealkylation sites (N-methyl/N-ethyl adjacent to an activating group) is 2. The summed E-state index contributed by atoms with van der Waals surface area (Å²) in [6.45, 7) is 12.0. The Labute approximate surface area is 438 Å². The van der Waals surface area contributed by atoms with Crippen molar-refractivity contribution in [2.45, 2.75) is 151 Å². The fraction of sp³-hybridized carbons (Fsp3) is 0.593. The molecule has 0 bridgehead atoms. The van der Waals surface area contributed by atoms with Gasteiger partial charge in [-0.2, -0.15) is 0 Å². The van der Waals surface area contributed by atoms with E-state index in [0.29, 0.717) is 49.3 Å². The average Bonchev–Trinajstić information content (AvgIpc) is 3.99. The highest BCUT2D eigenvalue weighted by Gasteiger charge is 2.57. The first-order valence-corrected chi connectivity index (χ1v) is 27.7. The van der Waals surface area contributed by atoms with Crippen LogP contribution >= 0.6 is 35.7 Å². The maximum Gasteiger partial charge on any atom is 0.246 e. The molecule has 2 aromatic carbocycles. The summed E-state index contributed by atoms with van der Waals surface area (Å²) in [5.74, 6) is 12.2. The monoisotopic (exact) mass is 1040 g/mol. The quantitative estimate of drug-likeness (QED) is 0.119. The number of nitrogens with zero attached hydrogens (tertiary/aromatic N) is 2. The van der Waals surface area contributed by atoms with E-state index >= 15 is 0 Å². The fourth-order valence-corrected chi connectivity index (χ4v) is 14.7. The molecule has 15 nitrogen and oxygen atoms in total. The number of ether oxygens (including phenoxy) is 2. The second-order valence-electron chi connectivity index (χ2n) is 21.1. The molecule has 4 heterocycles. The predicted octanol–water partition coefficient (Wildman–Crippen LogP) is 3.76. The van der Waals surface area contributed by atoms with Crippen LogP contribution in [0.15, 0.2) is 48.5 Å². The van der Waals surface area contributed by atoms with Gasteiger partial charge in [0.2, 0.25) is 29.5 Å². The molecule has 4 fully saturated rings. The Bertz CT molecular complexity index is 2370. The highest BCUT2D eigenvalue weighted by Crippen LogP contribution is 2.48. The summed E-state index contributed by atoms with van der Waals surface area (Å²) in [4.78, 5) is 74.5. The second-order valence-corrected chi connectivity index (χ2v) is 24.1. The van der Waals surface area contributed by atoms with Gasteiger partial charge in [-0.1, -0.05) is 100 Å². The molecule has 6 N–H and O–H groups in total. The molecule has 2 aromatic rings. The largest absolute Gasteiger partial charge is 0.367 e. The van der Waals surface area contributed by atoms with Crippen molar-refractivity contribution >= 4 is 70.3 Å². The van der Waals surface area contributed by atoms with Gasteiger partial charge in [-0.3, -0.25) is 24.0 Å². The molecule has 0 spiro atoms. The predicted molar refractivity (Wildman–Crippen MR) is 285 cm³/mol. The van der Waals surface area contributed by atoms with Crippen LogP contribution < -0.4 is 31.9 Å². The summed E-state index contributed by atoms with van der Waals surface area (Å²) in [6.07, 6.45) is 2.83. The van der Waals surface area contributed by atoms with Crippen molar-refractivity contribution in [1.82, 2.24) is 41.7 Å². The minimum atomic E-state index is -0.748. The first-order valence-electron chi connectivity index (χ1n) is 25.2. The number of carbonyl (C=O) groups is 5. The Morgan fingerprint density at radius 1 is 0.681 bits per heavy atom. The molecule has 5 amide bonds. The standard InChI is InChI=1S/C54H70N8O7S3/c1-31(55-7)47(63)57-37-21-25-71-41-29-53(3,4)45(61(41)51(37)66)48(64)59-43-35-19-13-11-17-33(35)27-39(43)68-23-15-9-10-16-24-69-40-28-34-18-12-14-20-36(34)44(40)60-49(65)46-54(5,6)30-42-62(46)52(67)38(22-26-72-42)58-50(70)32(2)56-8/h11-14,17-20,31-32,37-46,55-56H,21-30H2,1-8H3,(H,57,63)(H,58,70)(H,59,64)(H,60,65)/t31-,32+,37-,38+,39+,40-,41?,42?,43-,44+,45+,46-/m0/s1. The summed E-state index contributed by atoms with van der Waals surface area (Å²) < 4.78 is 12.7. The molecular weight excluding hydrogens is 969 g/mol. The van der Waals surface area contributed by atoms with E-state index < -0.39 is 59.2 Å². The third kappa shape index (κ3) is 11.4. The Balaban J connectivity index is 0.889. The Morgan fingerprint density at radius 3 is 1.56 bits per heavy atom. The van der Waals surface area contributed by atoms with Crippen LogP contribution in [0.2, 0.25) is 0 Å². The molecule has 18 heteroatoms. The van der Waals surface area contributed by atoms with E-state index in [1.807, 2.05) is 70.3 Å². The third-order valence-corrected chi connectivity index (χ3v) is 18.3. The molecule has 8 rings (SSSR count). The van der Waals surface area contributed by atoms with Crippen LogP contribution in [0.4, 0.5) is 0 Å². The lowest BCUT2D eigenvalue weighted by Crippen LogP contribution is -2.58. The van der Waals surface area contributed by atoms with E-state index in [1.54, 1.807) is 47.3 Å². The summed E-state index contributed by atoms with van der Waals surface area (Å²) >= 11 is 9.01. The molecule has 386 valence electrons. The van der Waals surface area contributed by atoms with Crippen molar-refractivity contribution in [2.24, 2.45) is 10.8 Å². The van der Waals surface area contributed by atoms with Crippen molar-refractivity contribution in [1.29, 1.82) is 0 Å². The van der Waals surface area contributed by atoms with Crippen LogP contribution in [0.5, 0.6) is 0 Å².